The van der Waals surface area contributed by atoms with Gasteiger partial charge in [-0.1, -0.05) is 0 Å². The number of aryl methyl sites for hydroxylation is 1. The molecule has 0 saturated heterocycles. The number of carbonyl (C=O) groups is 2. The fourth-order valence-electron chi connectivity index (χ4n) is 1.69. The number of nitrogens with one attached hydrogen (secondary N) is 1. The van der Waals surface area contributed by atoms with Crippen LogP contribution in [0.3, 0.4) is 0 Å². The summed E-state index contributed by atoms with van der Waals surface area (Å²) in [5.41, 5.74) is 7.66. The van der Waals surface area contributed by atoms with Crippen LogP contribution in [-0.4, -0.2) is 37.0 Å². The summed E-state index contributed by atoms with van der Waals surface area (Å²) in [5.74, 6) is 0.0324. The first-order valence-electron chi connectivity index (χ1n) is 6.23. The lowest BCUT2D eigenvalue weighted by molar-refractivity contribution is -0.142. The van der Waals surface area contributed by atoms with E-state index in [-0.39, 0.29) is 18.3 Å². The van der Waals surface area contributed by atoms with E-state index in [2.05, 4.69) is 5.32 Å². The molecule has 0 radical (unpaired) electrons. The van der Waals surface area contributed by atoms with Crippen molar-refractivity contribution in [3.63, 3.8) is 0 Å². The number of hydrogen-bond donors (Lipinski definition) is 2. The number of hydrogen-bond acceptors (Lipinski definition) is 5. The number of carbonyl (C=O) groups excluding carboxylic acids is 2. The minimum atomic E-state index is -0.627. The summed E-state index contributed by atoms with van der Waals surface area (Å²) >= 11 is 1.61. The van der Waals surface area contributed by atoms with E-state index < -0.39 is 12.0 Å². The van der Waals surface area contributed by atoms with Crippen LogP contribution in [0.2, 0.25) is 0 Å². The average Bonchev–Trinajstić information content (AvgIpc) is 2.45. The summed E-state index contributed by atoms with van der Waals surface area (Å²) < 4.78 is 4.71. The molecular weight excluding hydrogens is 312 g/mol. The molecule has 0 unspecified atom stereocenters. The molecule has 0 saturated carbocycles. The van der Waals surface area contributed by atoms with Crippen molar-refractivity contribution < 1.29 is 14.3 Å². The maximum absolute atomic E-state index is 12.1. The SMILES string of the molecule is COC(=O)[C@H](CCSC)NC(=O)c1ccc(N)c(C)c1.Cl. The van der Waals surface area contributed by atoms with Crippen LogP contribution in [-0.2, 0) is 9.53 Å². The Bertz CT molecular complexity index is 497. The minimum absolute atomic E-state index is 0. The minimum Gasteiger partial charge on any atom is -0.467 e. The number of ether oxygens (including phenoxy) is 1. The average molecular weight is 333 g/mol. The second kappa shape index (κ2) is 9.52. The van der Waals surface area contributed by atoms with Crippen LogP contribution in [0, 0.1) is 6.92 Å². The summed E-state index contributed by atoms with van der Waals surface area (Å²) in [7, 11) is 1.31. The molecular formula is C14H21ClN2O3S. The number of amides is 1. The lowest BCUT2D eigenvalue weighted by Gasteiger charge is -2.16. The van der Waals surface area contributed by atoms with Gasteiger partial charge >= 0.3 is 5.97 Å². The van der Waals surface area contributed by atoms with Crippen molar-refractivity contribution in [3.05, 3.63) is 29.3 Å². The number of benzene rings is 1. The summed E-state index contributed by atoms with van der Waals surface area (Å²) in [6, 6.07) is 4.39. The Morgan fingerprint density at radius 2 is 2.10 bits per heavy atom. The Morgan fingerprint density at radius 3 is 2.62 bits per heavy atom. The Hall–Kier alpha value is -1.40. The number of thioether (sulfide) groups is 1. The Morgan fingerprint density at radius 1 is 1.43 bits per heavy atom. The van der Waals surface area contributed by atoms with E-state index in [1.165, 1.54) is 7.11 Å². The second-order valence-electron chi connectivity index (χ2n) is 4.40. The summed E-state index contributed by atoms with van der Waals surface area (Å²) in [6.45, 7) is 1.83. The topological polar surface area (TPSA) is 81.4 Å². The highest BCUT2D eigenvalue weighted by Crippen LogP contribution is 2.13. The van der Waals surface area contributed by atoms with Crippen LogP contribution in [0.25, 0.3) is 0 Å². The zero-order valence-electron chi connectivity index (χ0n) is 12.3. The van der Waals surface area contributed by atoms with Gasteiger partial charge in [-0.2, -0.15) is 11.8 Å². The fraction of sp³-hybridized carbons (Fsp3) is 0.429. The molecule has 0 fully saturated rings. The molecule has 3 N–H and O–H groups in total. The van der Waals surface area contributed by atoms with Crippen molar-refractivity contribution in [1.82, 2.24) is 5.32 Å². The van der Waals surface area contributed by atoms with Gasteiger partial charge in [-0.25, -0.2) is 4.79 Å². The quantitative estimate of drug-likeness (QED) is 0.615. The molecule has 1 rings (SSSR count). The Balaban J connectivity index is 0.00000400. The number of anilines is 1. The number of methoxy groups -OCH3 is 1. The van der Waals surface area contributed by atoms with Gasteiger partial charge in [-0.3, -0.25) is 4.79 Å². The zero-order valence-corrected chi connectivity index (χ0v) is 14.0. The van der Waals surface area contributed by atoms with E-state index in [0.29, 0.717) is 17.7 Å². The van der Waals surface area contributed by atoms with Gasteiger partial charge in [0, 0.05) is 11.3 Å². The molecule has 118 valence electrons. The molecule has 0 aliphatic carbocycles. The molecule has 0 aromatic heterocycles. The number of nitrogens with two attached hydrogens (primary N) is 1. The standard InChI is InChI=1S/C14H20N2O3S.ClH/c1-9-8-10(4-5-11(9)15)13(17)16-12(6-7-20-3)14(18)19-2;/h4-5,8,12H,6-7,15H2,1-3H3,(H,16,17);1H/t12-;/m0./s1. The van der Waals surface area contributed by atoms with Gasteiger partial charge in [0.2, 0.25) is 0 Å². The number of esters is 1. The van der Waals surface area contributed by atoms with Crippen molar-refractivity contribution in [2.75, 3.05) is 24.9 Å². The zero-order chi connectivity index (χ0) is 15.1. The molecule has 0 aliphatic rings. The highest BCUT2D eigenvalue weighted by molar-refractivity contribution is 7.98. The first-order chi connectivity index (χ1) is 9.49. The molecule has 0 heterocycles. The third kappa shape index (κ3) is 5.85. The Kier molecular flexibility index (Phi) is 8.89. The van der Waals surface area contributed by atoms with Gasteiger partial charge < -0.3 is 15.8 Å². The van der Waals surface area contributed by atoms with Crippen LogP contribution in [0.5, 0.6) is 0 Å². The number of nitrogen functional groups attached to an aromatic ring is 1. The molecule has 1 aromatic rings. The molecule has 1 atom stereocenters. The van der Waals surface area contributed by atoms with Gasteiger partial charge in [0.25, 0.3) is 5.91 Å². The van der Waals surface area contributed by atoms with Crippen LogP contribution in [0.15, 0.2) is 18.2 Å². The predicted octanol–water partition coefficient (Wildman–Crippen LogP) is 2.02. The summed E-state index contributed by atoms with van der Waals surface area (Å²) in [6.07, 6.45) is 2.48. The van der Waals surface area contributed by atoms with E-state index in [9.17, 15) is 9.59 Å². The fourth-order valence-corrected chi connectivity index (χ4v) is 2.16. The molecule has 1 aromatic carbocycles. The molecule has 0 aliphatic heterocycles. The Labute approximate surface area is 135 Å². The van der Waals surface area contributed by atoms with Crippen molar-refractivity contribution >= 4 is 41.7 Å². The van der Waals surface area contributed by atoms with Crippen LogP contribution in [0.4, 0.5) is 5.69 Å². The first-order valence-corrected chi connectivity index (χ1v) is 7.62. The molecule has 0 bridgehead atoms. The third-order valence-corrected chi connectivity index (χ3v) is 3.58. The van der Waals surface area contributed by atoms with Gasteiger partial charge in [0.05, 0.1) is 7.11 Å². The largest absolute Gasteiger partial charge is 0.467 e. The molecule has 1 amide bonds. The van der Waals surface area contributed by atoms with Crippen molar-refractivity contribution in [3.8, 4) is 0 Å². The van der Waals surface area contributed by atoms with E-state index >= 15 is 0 Å². The first kappa shape index (κ1) is 19.6. The van der Waals surface area contributed by atoms with Gasteiger partial charge in [-0.05, 0) is 49.1 Å². The second-order valence-corrected chi connectivity index (χ2v) is 5.39. The normalized spacial score (nSPS) is 11.2. The van der Waals surface area contributed by atoms with E-state index in [4.69, 9.17) is 10.5 Å². The van der Waals surface area contributed by atoms with Gasteiger partial charge in [0.1, 0.15) is 6.04 Å². The van der Waals surface area contributed by atoms with Gasteiger partial charge in [0.15, 0.2) is 0 Å². The summed E-state index contributed by atoms with van der Waals surface area (Å²) in [4.78, 5) is 23.8. The van der Waals surface area contributed by atoms with Crippen molar-refractivity contribution in [2.24, 2.45) is 0 Å². The van der Waals surface area contributed by atoms with Crippen LogP contribution < -0.4 is 11.1 Å². The maximum atomic E-state index is 12.1. The van der Waals surface area contributed by atoms with E-state index in [1.807, 2.05) is 13.2 Å². The summed E-state index contributed by atoms with van der Waals surface area (Å²) in [5, 5.41) is 2.70. The molecule has 7 heteroatoms. The maximum Gasteiger partial charge on any atom is 0.328 e. The highest BCUT2D eigenvalue weighted by atomic mass is 35.5. The van der Waals surface area contributed by atoms with E-state index in [1.54, 1.807) is 30.0 Å². The van der Waals surface area contributed by atoms with Crippen LogP contribution >= 0.6 is 24.2 Å². The smallest absolute Gasteiger partial charge is 0.328 e. The third-order valence-electron chi connectivity index (χ3n) is 2.93. The van der Waals surface area contributed by atoms with Crippen molar-refractivity contribution in [1.29, 1.82) is 0 Å². The van der Waals surface area contributed by atoms with Crippen molar-refractivity contribution in [2.45, 2.75) is 19.4 Å². The lowest BCUT2D eigenvalue weighted by Crippen LogP contribution is -2.42. The van der Waals surface area contributed by atoms with E-state index in [0.717, 1.165) is 11.3 Å². The monoisotopic (exact) mass is 332 g/mol. The predicted molar refractivity (Wildman–Crippen MR) is 89.1 cm³/mol. The molecule has 21 heavy (non-hydrogen) atoms. The molecule has 0 spiro atoms. The van der Waals surface area contributed by atoms with Crippen LogP contribution in [0.1, 0.15) is 22.3 Å². The molecule has 5 nitrogen and oxygen atoms in total. The number of halogens is 1. The lowest BCUT2D eigenvalue weighted by atomic mass is 10.1. The highest BCUT2D eigenvalue weighted by Gasteiger charge is 2.21. The van der Waals surface area contributed by atoms with Gasteiger partial charge in [-0.15, -0.1) is 12.4 Å². The number of rotatable bonds is 6.